The lowest BCUT2D eigenvalue weighted by Gasteiger charge is -2.23. The molecular formula is C21H19ClF3N5O. The molecule has 0 aliphatic carbocycles. The van der Waals surface area contributed by atoms with E-state index in [1.807, 2.05) is 20.8 Å². The Kier molecular flexibility index (Phi) is 6.45. The first kappa shape index (κ1) is 22.5. The van der Waals surface area contributed by atoms with Gasteiger partial charge in [-0.2, -0.15) is 10.2 Å². The summed E-state index contributed by atoms with van der Waals surface area (Å²) in [6.45, 7) is 5.54. The van der Waals surface area contributed by atoms with Gasteiger partial charge in [0.1, 0.15) is 5.82 Å². The third kappa shape index (κ3) is 6.14. The zero-order chi connectivity index (χ0) is 22.8. The normalized spacial score (nSPS) is 16.3. The molecule has 2 aromatic carbocycles. The van der Waals surface area contributed by atoms with Crippen LogP contribution in [0.5, 0.6) is 0 Å². The van der Waals surface area contributed by atoms with E-state index in [4.69, 9.17) is 11.6 Å². The number of carbonyl (C=O) groups excluding carboxylic acids is 1. The fourth-order valence-electron chi connectivity index (χ4n) is 2.65. The van der Waals surface area contributed by atoms with E-state index in [9.17, 15) is 18.0 Å². The van der Waals surface area contributed by atoms with Gasteiger partial charge >= 0.3 is 0 Å². The number of carbonyl (C=O) groups is 1. The van der Waals surface area contributed by atoms with Crippen LogP contribution in [0.15, 0.2) is 57.7 Å². The first-order valence-corrected chi connectivity index (χ1v) is 9.59. The average Bonchev–Trinajstić information content (AvgIpc) is 3.10. The molecule has 1 amide bonds. The molecule has 0 aromatic heterocycles. The lowest BCUT2D eigenvalue weighted by Crippen LogP contribution is -2.49. The minimum Gasteiger partial charge on any atom is -0.351 e. The monoisotopic (exact) mass is 449 g/mol. The molecule has 1 aliphatic heterocycles. The Morgan fingerprint density at radius 1 is 1.10 bits per heavy atom. The van der Waals surface area contributed by atoms with Crippen LogP contribution in [-0.2, 0) is 0 Å². The highest BCUT2D eigenvalue weighted by atomic mass is 35.5. The number of rotatable bonds is 3. The third-order valence-corrected chi connectivity index (χ3v) is 4.14. The largest absolute Gasteiger partial charge is 0.351 e. The van der Waals surface area contributed by atoms with Gasteiger partial charge in [0, 0.05) is 21.7 Å². The van der Waals surface area contributed by atoms with Crippen molar-refractivity contribution in [3.63, 3.8) is 0 Å². The van der Waals surface area contributed by atoms with E-state index in [2.05, 4.69) is 25.9 Å². The quantitative estimate of drug-likeness (QED) is 0.507. The molecule has 6 nitrogen and oxygen atoms in total. The van der Waals surface area contributed by atoms with Crippen LogP contribution in [0.25, 0.3) is 5.70 Å². The molecule has 1 atom stereocenters. The smallest absolute Gasteiger partial charge is 0.258 e. The van der Waals surface area contributed by atoms with Gasteiger partial charge in [-0.1, -0.05) is 11.6 Å². The van der Waals surface area contributed by atoms with Gasteiger partial charge in [0.05, 0.1) is 5.70 Å². The van der Waals surface area contributed by atoms with E-state index in [-0.39, 0.29) is 16.5 Å². The fraction of sp³-hybridized carbons (Fsp3) is 0.238. The molecule has 10 heteroatoms. The van der Waals surface area contributed by atoms with Crippen molar-refractivity contribution in [1.82, 2.24) is 10.6 Å². The molecule has 0 radical (unpaired) electrons. The Morgan fingerprint density at radius 3 is 2.48 bits per heavy atom. The summed E-state index contributed by atoms with van der Waals surface area (Å²) in [6.07, 6.45) is 0.770. The molecule has 0 spiro atoms. The Labute approximate surface area is 181 Å². The van der Waals surface area contributed by atoms with Gasteiger partial charge in [0.25, 0.3) is 5.91 Å². The standard InChI is InChI=1S/C21H19ClF3N5O/c1-21(2,3)28-20(27-19(31)11-4-5-15(24)16(25)8-11)26-18-10-17(29-30-18)12-6-13(22)9-14(23)7-12/h4-10,18H,1-3H3,(H2,26,27,28,31). The van der Waals surface area contributed by atoms with Crippen molar-refractivity contribution in [2.75, 3.05) is 0 Å². The van der Waals surface area contributed by atoms with Gasteiger partial charge in [-0.25, -0.2) is 18.2 Å². The maximum Gasteiger partial charge on any atom is 0.258 e. The summed E-state index contributed by atoms with van der Waals surface area (Å²) in [4.78, 5) is 16.8. The van der Waals surface area contributed by atoms with Crippen molar-refractivity contribution in [1.29, 1.82) is 0 Å². The second-order valence-electron chi connectivity index (χ2n) is 7.77. The van der Waals surface area contributed by atoms with E-state index in [1.54, 1.807) is 12.1 Å². The minimum absolute atomic E-state index is 0.0564. The lowest BCUT2D eigenvalue weighted by atomic mass is 10.1. The molecule has 0 saturated carbocycles. The zero-order valence-electron chi connectivity index (χ0n) is 16.9. The molecule has 31 heavy (non-hydrogen) atoms. The van der Waals surface area contributed by atoms with Gasteiger partial charge in [-0.15, -0.1) is 0 Å². The summed E-state index contributed by atoms with van der Waals surface area (Å²) in [5.74, 6) is -3.34. The van der Waals surface area contributed by atoms with Gasteiger partial charge in [0.15, 0.2) is 17.8 Å². The number of azo groups is 1. The van der Waals surface area contributed by atoms with Crippen molar-refractivity contribution in [3.8, 4) is 0 Å². The molecule has 2 N–H and O–H groups in total. The molecular weight excluding hydrogens is 431 g/mol. The number of halogens is 4. The molecule has 162 valence electrons. The number of nitrogens with zero attached hydrogens (tertiary/aromatic N) is 3. The molecule has 0 bridgehead atoms. The van der Waals surface area contributed by atoms with Gasteiger partial charge in [0.2, 0.25) is 5.96 Å². The zero-order valence-corrected chi connectivity index (χ0v) is 17.6. The Bertz CT molecular complexity index is 1090. The van der Waals surface area contributed by atoms with Gasteiger partial charge in [-0.3, -0.25) is 10.1 Å². The average molecular weight is 450 g/mol. The van der Waals surface area contributed by atoms with Crippen molar-refractivity contribution < 1.29 is 18.0 Å². The van der Waals surface area contributed by atoms with E-state index in [0.717, 1.165) is 18.2 Å². The van der Waals surface area contributed by atoms with Crippen molar-refractivity contribution in [2.45, 2.75) is 32.5 Å². The molecule has 0 fully saturated rings. The van der Waals surface area contributed by atoms with Crippen LogP contribution < -0.4 is 10.6 Å². The van der Waals surface area contributed by atoms with Crippen LogP contribution in [0.2, 0.25) is 5.02 Å². The predicted octanol–water partition coefficient (Wildman–Crippen LogP) is 5.06. The van der Waals surface area contributed by atoms with Crippen LogP contribution in [0.1, 0.15) is 36.7 Å². The molecule has 0 saturated heterocycles. The summed E-state index contributed by atoms with van der Waals surface area (Å²) in [5.41, 5.74) is 0.235. The van der Waals surface area contributed by atoms with Crippen LogP contribution in [0, 0.1) is 17.5 Å². The van der Waals surface area contributed by atoms with Crippen LogP contribution in [-0.4, -0.2) is 23.6 Å². The third-order valence-electron chi connectivity index (χ3n) is 3.92. The first-order valence-electron chi connectivity index (χ1n) is 9.22. The highest BCUT2D eigenvalue weighted by Crippen LogP contribution is 2.27. The second kappa shape index (κ2) is 8.89. The number of guanidine groups is 1. The van der Waals surface area contributed by atoms with Crippen molar-refractivity contribution in [3.05, 3.63) is 76.1 Å². The number of hydrogen-bond donors (Lipinski definition) is 2. The topological polar surface area (TPSA) is 78.2 Å². The molecule has 1 unspecified atom stereocenters. The highest BCUT2D eigenvalue weighted by molar-refractivity contribution is 6.30. The second-order valence-corrected chi connectivity index (χ2v) is 8.21. The van der Waals surface area contributed by atoms with E-state index in [1.165, 1.54) is 12.1 Å². The number of hydrogen-bond acceptors (Lipinski definition) is 4. The molecule has 1 heterocycles. The SMILES string of the molecule is CC(C)(C)NC(=NC1C=C(c2cc(F)cc(Cl)c2)N=N1)NC(=O)c1ccc(F)c(F)c1. The number of aliphatic imine (C=N–C) groups is 1. The predicted molar refractivity (Wildman–Crippen MR) is 112 cm³/mol. The minimum atomic E-state index is -1.14. The van der Waals surface area contributed by atoms with Crippen LogP contribution in [0.4, 0.5) is 13.2 Å². The fourth-order valence-corrected chi connectivity index (χ4v) is 2.87. The summed E-state index contributed by atoms with van der Waals surface area (Å²) in [5, 5.41) is 13.8. The summed E-state index contributed by atoms with van der Waals surface area (Å²) < 4.78 is 40.2. The molecule has 1 aliphatic rings. The highest BCUT2D eigenvalue weighted by Gasteiger charge is 2.20. The van der Waals surface area contributed by atoms with E-state index >= 15 is 0 Å². The number of benzene rings is 2. The van der Waals surface area contributed by atoms with E-state index < -0.39 is 35.1 Å². The van der Waals surface area contributed by atoms with Crippen LogP contribution in [0.3, 0.4) is 0 Å². The van der Waals surface area contributed by atoms with Gasteiger partial charge < -0.3 is 5.32 Å². The number of nitrogens with one attached hydrogen (secondary N) is 2. The Hall–Kier alpha value is -3.20. The Balaban J connectivity index is 1.84. The van der Waals surface area contributed by atoms with Crippen molar-refractivity contribution in [2.24, 2.45) is 15.2 Å². The van der Waals surface area contributed by atoms with E-state index in [0.29, 0.717) is 11.3 Å². The lowest BCUT2D eigenvalue weighted by molar-refractivity contribution is 0.0974. The first-order chi connectivity index (χ1) is 14.5. The molecule has 2 aromatic rings. The van der Waals surface area contributed by atoms with Crippen LogP contribution >= 0.6 is 11.6 Å². The van der Waals surface area contributed by atoms with Crippen molar-refractivity contribution >= 4 is 29.2 Å². The maximum atomic E-state index is 13.6. The summed E-state index contributed by atoms with van der Waals surface area (Å²) >= 11 is 5.88. The summed E-state index contributed by atoms with van der Waals surface area (Å²) in [6, 6.07) is 6.79. The number of amides is 1. The maximum absolute atomic E-state index is 13.6. The van der Waals surface area contributed by atoms with Gasteiger partial charge in [-0.05, 0) is 63.2 Å². The summed E-state index contributed by atoms with van der Waals surface area (Å²) in [7, 11) is 0. The molecule has 3 rings (SSSR count). The Morgan fingerprint density at radius 2 is 1.84 bits per heavy atom.